The Morgan fingerprint density at radius 2 is 1.89 bits per heavy atom. The number of nitrogens with zero attached hydrogens (tertiary/aromatic N) is 3. The second-order valence-corrected chi connectivity index (χ2v) is 8.58. The summed E-state index contributed by atoms with van der Waals surface area (Å²) < 4.78 is 28.7. The molecule has 3 aromatic rings. The van der Waals surface area contributed by atoms with Crippen molar-refractivity contribution in [3.8, 4) is 0 Å². The van der Waals surface area contributed by atoms with Crippen LogP contribution in [0.15, 0.2) is 66.1 Å². The minimum absolute atomic E-state index is 0.0790. The van der Waals surface area contributed by atoms with Crippen molar-refractivity contribution < 1.29 is 13.2 Å². The summed E-state index contributed by atoms with van der Waals surface area (Å²) in [5, 5.41) is 3.04. The average molecular weight is 417 g/mol. The number of amides is 1. The molecule has 1 aliphatic heterocycles. The van der Waals surface area contributed by atoms with Crippen molar-refractivity contribution in [3.63, 3.8) is 0 Å². The first kappa shape index (κ1) is 18.5. The molecule has 0 atom stereocenters. The lowest BCUT2D eigenvalue weighted by atomic mass is 10.2. The largest absolute Gasteiger partial charge is 0.327 e. The number of para-hydroxylation sites is 2. The number of fused-ring (bicyclic) bond motifs is 1. The van der Waals surface area contributed by atoms with E-state index >= 15 is 0 Å². The highest BCUT2D eigenvalue weighted by Gasteiger charge is 2.32. The van der Waals surface area contributed by atoms with Crippen molar-refractivity contribution in [3.05, 3.63) is 71.6 Å². The third-order valence-corrected chi connectivity index (χ3v) is 6.51. The smallest absolute Gasteiger partial charge is 0.283 e. The molecule has 0 saturated carbocycles. The van der Waals surface area contributed by atoms with E-state index in [0.29, 0.717) is 29.4 Å². The van der Waals surface area contributed by atoms with Crippen LogP contribution in [0.4, 0.5) is 11.4 Å². The van der Waals surface area contributed by atoms with Crippen molar-refractivity contribution in [1.29, 1.82) is 0 Å². The lowest BCUT2D eigenvalue weighted by Crippen LogP contribution is -2.29. The van der Waals surface area contributed by atoms with Crippen LogP contribution in [-0.2, 0) is 27.8 Å². The van der Waals surface area contributed by atoms with Gasteiger partial charge in [0.1, 0.15) is 6.54 Å². The first-order valence-corrected chi connectivity index (χ1v) is 10.4. The SMILES string of the molecule is O=C(Cn1cnc(S(=O)(=O)N2CCc3ccccc32)c1)Nc1ccccc1Cl. The number of hydrogen-bond donors (Lipinski definition) is 1. The Morgan fingerprint density at radius 1 is 1.14 bits per heavy atom. The minimum atomic E-state index is -3.78. The fourth-order valence-corrected chi connectivity index (χ4v) is 4.77. The molecule has 0 spiro atoms. The molecule has 1 aliphatic rings. The summed E-state index contributed by atoms with van der Waals surface area (Å²) in [6, 6.07) is 14.3. The van der Waals surface area contributed by atoms with Gasteiger partial charge in [-0.2, -0.15) is 8.42 Å². The molecule has 1 N–H and O–H groups in total. The predicted molar refractivity (Wildman–Crippen MR) is 107 cm³/mol. The third-order valence-electron chi connectivity index (χ3n) is 4.48. The van der Waals surface area contributed by atoms with E-state index in [1.807, 2.05) is 18.2 Å². The predicted octanol–water partition coefficient (Wildman–Crippen LogP) is 2.93. The molecule has 4 rings (SSSR count). The van der Waals surface area contributed by atoms with Crippen molar-refractivity contribution in [2.75, 3.05) is 16.2 Å². The zero-order chi connectivity index (χ0) is 19.7. The Hall–Kier alpha value is -2.84. The summed E-state index contributed by atoms with van der Waals surface area (Å²) in [7, 11) is -3.78. The molecule has 1 amide bonds. The number of anilines is 2. The van der Waals surface area contributed by atoms with Gasteiger partial charge < -0.3 is 9.88 Å². The number of carbonyl (C=O) groups excluding carboxylic acids is 1. The van der Waals surface area contributed by atoms with Gasteiger partial charge >= 0.3 is 0 Å². The van der Waals surface area contributed by atoms with Crippen molar-refractivity contribution in [1.82, 2.24) is 9.55 Å². The Bertz CT molecular complexity index is 1140. The summed E-state index contributed by atoms with van der Waals surface area (Å²) >= 11 is 6.03. The van der Waals surface area contributed by atoms with Crippen LogP contribution in [0.3, 0.4) is 0 Å². The normalized spacial score (nSPS) is 13.4. The number of carbonyl (C=O) groups is 1. The molecule has 7 nitrogen and oxygen atoms in total. The van der Waals surface area contributed by atoms with Gasteiger partial charge in [-0.1, -0.05) is 41.9 Å². The fourth-order valence-electron chi connectivity index (χ4n) is 3.15. The molecular formula is C19H17ClN4O3S. The lowest BCUT2D eigenvalue weighted by Gasteiger charge is -2.17. The first-order chi connectivity index (χ1) is 13.4. The van der Waals surface area contributed by atoms with Crippen molar-refractivity contribution in [2.24, 2.45) is 0 Å². The van der Waals surface area contributed by atoms with E-state index in [2.05, 4.69) is 10.3 Å². The van der Waals surface area contributed by atoms with Gasteiger partial charge in [-0.3, -0.25) is 9.10 Å². The van der Waals surface area contributed by atoms with Gasteiger partial charge in [0, 0.05) is 12.7 Å². The maximum Gasteiger partial charge on any atom is 0.283 e. The molecule has 0 radical (unpaired) electrons. The van der Waals surface area contributed by atoms with Crippen LogP contribution in [0.2, 0.25) is 5.02 Å². The maximum absolute atomic E-state index is 13.0. The third kappa shape index (κ3) is 3.48. The Labute approximate surface area is 167 Å². The molecule has 0 fully saturated rings. The summed E-state index contributed by atoms with van der Waals surface area (Å²) in [5.41, 5.74) is 2.16. The van der Waals surface area contributed by atoms with Gasteiger partial charge in [-0.15, -0.1) is 0 Å². The molecule has 9 heteroatoms. The summed E-state index contributed by atoms with van der Waals surface area (Å²) in [5.74, 6) is -0.332. The van der Waals surface area contributed by atoms with Crippen molar-refractivity contribution in [2.45, 2.75) is 18.0 Å². The number of benzene rings is 2. The van der Waals surface area contributed by atoms with Crippen LogP contribution in [0.1, 0.15) is 5.56 Å². The van der Waals surface area contributed by atoms with Gasteiger partial charge in [0.25, 0.3) is 10.0 Å². The van der Waals surface area contributed by atoms with Gasteiger partial charge in [0.2, 0.25) is 5.91 Å². The van der Waals surface area contributed by atoms with E-state index in [-0.39, 0.29) is 17.5 Å². The molecule has 28 heavy (non-hydrogen) atoms. The van der Waals surface area contributed by atoms with Gasteiger partial charge in [-0.25, -0.2) is 4.98 Å². The number of imidazole rings is 1. The molecule has 2 aromatic carbocycles. The Morgan fingerprint density at radius 3 is 2.71 bits per heavy atom. The van der Waals surface area contributed by atoms with E-state index in [1.54, 1.807) is 30.3 Å². The second-order valence-electron chi connectivity index (χ2n) is 6.37. The van der Waals surface area contributed by atoms with E-state index < -0.39 is 10.0 Å². The highest BCUT2D eigenvalue weighted by atomic mass is 35.5. The summed E-state index contributed by atoms with van der Waals surface area (Å²) in [6.45, 7) is 0.297. The zero-order valence-corrected chi connectivity index (χ0v) is 16.3. The van der Waals surface area contributed by atoms with Crippen LogP contribution in [0, 0.1) is 0 Å². The number of nitrogens with one attached hydrogen (secondary N) is 1. The molecule has 0 bridgehead atoms. The molecule has 1 aromatic heterocycles. The number of sulfonamides is 1. The molecule has 2 heterocycles. The monoisotopic (exact) mass is 416 g/mol. The zero-order valence-electron chi connectivity index (χ0n) is 14.7. The number of hydrogen-bond acceptors (Lipinski definition) is 4. The van der Waals surface area contributed by atoms with E-state index in [1.165, 1.54) is 21.4 Å². The minimum Gasteiger partial charge on any atom is -0.327 e. The van der Waals surface area contributed by atoms with Crippen LogP contribution in [0.25, 0.3) is 0 Å². The van der Waals surface area contributed by atoms with Gasteiger partial charge in [0.15, 0.2) is 5.03 Å². The highest BCUT2D eigenvalue weighted by Crippen LogP contribution is 2.32. The topological polar surface area (TPSA) is 84.3 Å². The second kappa shape index (κ2) is 7.29. The van der Waals surface area contributed by atoms with E-state index in [0.717, 1.165) is 5.56 Å². The van der Waals surface area contributed by atoms with Crippen LogP contribution in [0.5, 0.6) is 0 Å². The van der Waals surface area contributed by atoms with Gasteiger partial charge in [-0.05, 0) is 30.2 Å². The quantitative estimate of drug-likeness (QED) is 0.693. The number of aromatic nitrogens is 2. The maximum atomic E-state index is 13.0. The van der Waals surface area contributed by atoms with Crippen LogP contribution in [-0.4, -0.2) is 30.4 Å². The van der Waals surface area contributed by atoms with Crippen LogP contribution < -0.4 is 9.62 Å². The molecule has 0 unspecified atom stereocenters. The highest BCUT2D eigenvalue weighted by molar-refractivity contribution is 7.92. The van der Waals surface area contributed by atoms with Crippen molar-refractivity contribution >= 4 is 38.9 Å². The summed E-state index contributed by atoms with van der Waals surface area (Å²) in [4.78, 5) is 16.2. The first-order valence-electron chi connectivity index (χ1n) is 8.62. The summed E-state index contributed by atoms with van der Waals surface area (Å²) in [6.07, 6.45) is 3.36. The number of halogens is 1. The Kier molecular flexibility index (Phi) is 4.82. The van der Waals surface area contributed by atoms with Gasteiger partial charge in [0.05, 0.1) is 22.7 Å². The van der Waals surface area contributed by atoms with E-state index in [9.17, 15) is 13.2 Å². The molecule has 0 saturated heterocycles. The Balaban J connectivity index is 1.50. The lowest BCUT2D eigenvalue weighted by molar-refractivity contribution is -0.116. The van der Waals surface area contributed by atoms with E-state index in [4.69, 9.17) is 11.6 Å². The number of rotatable bonds is 5. The fraction of sp³-hybridized carbons (Fsp3) is 0.158. The van der Waals surface area contributed by atoms with Crippen LogP contribution >= 0.6 is 11.6 Å². The average Bonchev–Trinajstić information content (AvgIpc) is 3.31. The molecule has 0 aliphatic carbocycles. The molecular weight excluding hydrogens is 400 g/mol. The standard InChI is InChI=1S/C19H17ClN4O3S/c20-15-6-2-3-7-16(15)22-18(25)11-23-12-19(21-13-23)28(26,27)24-10-9-14-5-1-4-8-17(14)24/h1-8,12-13H,9-11H2,(H,22,25). The molecule has 144 valence electrons.